The second-order valence-electron chi connectivity index (χ2n) is 6.96. The molecule has 0 bridgehead atoms. The van der Waals surface area contributed by atoms with Gasteiger partial charge in [-0.05, 0) is 64.3 Å². The van der Waals surface area contributed by atoms with Crippen molar-refractivity contribution in [2.24, 2.45) is 4.99 Å². The number of halogens is 2. The second-order valence-corrected chi connectivity index (χ2v) is 7.84. The zero-order chi connectivity index (χ0) is 15.8. The van der Waals surface area contributed by atoms with Crippen LogP contribution >= 0.6 is 23.2 Å². The van der Waals surface area contributed by atoms with Crippen LogP contribution in [0.15, 0.2) is 23.2 Å². The fraction of sp³-hybridized carbons (Fsp3) is 0.562. The van der Waals surface area contributed by atoms with Crippen LogP contribution in [0.4, 0.5) is 0 Å². The molecule has 0 unspecified atom stereocenters. The van der Waals surface area contributed by atoms with E-state index in [0.29, 0.717) is 10.0 Å². The first-order chi connectivity index (χ1) is 9.60. The van der Waals surface area contributed by atoms with E-state index < -0.39 is 11.1 Å². The van der Waals surface area contributed by atoms with Crippen LogP contribution in [-0.2, 0) is 5.21 Å². The van der Waals surface area contributed by atoms with Gasteiger partial charge < -0.3 is 0 Å². The Hall–Kier alpha value is -0.610. The molecule has 0 atom stereocenters. The number of piperidine rings is 1. The molecule has 0 spiro atoms. The number of hydrogen-bond acceptors (Lipinski definition) is 2. The van der Waals surface area contributed by atoms with Crippen molar-refractivity contribution < 1.29 is 5.21 Å². The average molecular weight is 328 g/mol. The zero-order valence-corrected chi connectivity index (χ0v) is 14.4. The van der Waals surface area contributed by atoms with E-state index in [1.165, 1.54) is 5.06 Å². The first kappa shape index (κ1) is 16.8. The van der Waals surface area contributed by atoms with Crippen molar-refractivity contribution in [3.63, 3.8) is 0 Å². The molecule has 115 valence electrons. The number of hydrogen-bond donors (Lipinski definition) is 0. The molecule has 1 radical (unpaired) electrons. The van der Waals surface area contributed by atoms with Gasteiger partial charge in [0.05, 0.1) is 6.04 Å². The van der Waals surface area contributed by atoms with Crippen molar-refractivity contribution in [1.29, 1.82) is 0 Å². The first-order valence-corrected chi connectivity index (χ1v) is 7.82. The van der Waals surface area contributed by atoms with Gasteiger partial charge in [0.25, 0.3) is 0 Å². The van der Waals surface area contributed by atoms with E-state index in [9.17, 15) is 5.21 Å². The van der Waals surface area contributed by atoms with Gasteiger partial charge in [-0.25, -0.2) is 0 Å². The van der Waals surface area contributed by atoms with Crippen molar-refractivity contribution in [2.75, 3.05) is 0 Å². The third kappa shape index (κ3) is 3.98. The molecule has 2 rings (SSSR count). The fourth-order valence-electron chi connectivity index (χ4n) is 3.16. The summed E-state index contributed by atoms with van der Waals surface area (Å²) in [5.74, 6) is 0. The highest BCUT2D eigenvalue weighted by atomic mass is 35.5. The van der Waals surface area contributed by atoms with Crippen molar-refractivity contribution in [2.45, 2.75) is 57.7 Å². The third-order valence-corrected chi connectivity index (χ3v) is 4.33. The molecular weight excluding hydrogens is 307 g/mol. The van der Waals surface area contributed by atoms with Gasteiger partial charge in [-0.2, -0.15) is 0 Å². The third-order valence-electron chi connectivity index (χ3n) is 3.89. The number of benzene rings is 1. The average Bonchev–Trinajstić information content (AvgIpc) is 2.31. The minimum absolute atomic E-state index is 0.123. The predicted octanol–water partition coefficient (Wildman–Crippen LogP) is 4.78. The normalized spacial score (nSPS) is 22.8. The number of rotatable bonds is 2. The van der Waals surface area contributed by atoms with Crippen LogP contribution < -0.4 is 0 Å². The highest BCUT2D eigenvalue weighted by Crippen LogP contribution is 2.38. The Bertz CT molecular complexity index is 517. The summed E-state index contributed by atoms with van der Waals surface area (Å²) in [5, 5.41) is 14.7. The lowest BCUT2D eigenvalue weighted by Gasteiger charge is -2.48. The topological polar surface area (TPSA) is 35.5 Å². The maximum Gasteiger partial charge on any atom is 0.0536 e. The summed E-state index contributed by atoms with van der Waals surface area (Å²) in [6.07, 6.45) is 3.28. The Morgan fingerprint density at radius 3 is 2.05 bits per heavy atom. The molecule has 1 fully saturated rings. The van der Waals surface area contributed by atoms with E-state index in [1.807, 2.05) is 39.8 Å². The zero-order valence-electron chi connectivity index (χ0n) is 12.9. The summed E-state index contributed by atoms with van der Waals surface area (Å²) in [4.78, 5) is 4.65. The first-order valence-electron chi connectivity index (χ1n) is 7.07. The van der Waals surface area contributed by atoms with Gasteiger partial charge in [0.1, 0.15) is 0 Å². The fourth-order valence-corrected chi connectivity index (χ4v) is 3.70. The molecule has 0 N–H and O–H groups in total. The van der Waals surface area contributed by atoms with Gasteiger partial charge in [-0.15, -0.1) is 10.3 Å². The Morgan fingerprint density at radius 2 is 1.57 bits per heavy atom. The molecule has 0 aromatic heterocycles. The van der Waals surface area contributed by atoms with Crippen LogP contribution in [0.25, 0.3) is 0 Å². The van der Waals surface area contributed by atoms with Crippen molar-refractivity contribution in [3.8, 4) is 0 Å². The van der Waals surface area contributed by atoms with Crippen molar-refractivity contribution >= 4 is 29.4 Å². The SMILES string of the molecule is CC1(C)CC(N=Cc2cc(Cl)cc(Cl)c2)CC(C)(C)N1[O]. The lowest BCUT2D eigenvalue weighted by Crippen LogP contribution is -2.59. The molecule has 0 amide bonds. The highest BCUT2D eigenvalue weighted by Gasteiger charge is 2.45. The highest BCUT2D eigenvalue weighted by molar-refractivity contribution is 6.35. The number of nitrogens with zero attached hydrogens (tertiary/aromatic N) is 2. The van der Waals surface area contributed by atoms with Crippen LogP contribution in [0.1, 0.15) is 46.1 Å². The monoisotopic (exact) mass is 327 g/mol. The largest absolute Gasteiger partial charge is 0.289 e. The summed E-state index contributed by atoms with van der Waals surface area (Å²) >= 11 is 12.0. The van der Waals surface area contributed by atoms with Crippen LogP contribution in [0.3, 0.4) is 0 Å². The van der Waals surface area contributed by atoms with Gasteiger partial charge >= 0.3 is 0 Å². The molecule has 1 saturated heterocycles. The summed E-state index contributed by atoms with van der Waals surface area (Å²) in [6, 6.07) is 5.48. The molecule has 1 aliphatic rings. The van der Waals surface area contributed by atoms with Crippen LogP contribution in [0.5, 0.6) is 0 Å². The summed E-state index contributed by atoms with van der Waals surface area (Å²) < 4.78 is 0. The number of aliphatic imine (C=N–C) groups is 1. The van der Waals surface area contributed by atoms with E-state index in [0.717, 1.165) is 18.4 Å². The van der Waals surface area contributed by atoms with Gasteiger partial charge in [-0.1, -0.05) is 23.2 Å². The Morgan fingerprint density at radius 1 is 1.10 bits per heavy atom. The molecule has 21 heavy (non-hydrogen) atoms. The maximum absolute atomic E-state index is 12.3. The van der Waals surface area contributed by atoms with Crippen molar-refractivity contribution in [1.82, 2.24) is 5.06 Å². The minimum atomic E-state index is -0.407. The van der Waals surface area contributed by atoms with E-state index in [1.54, 1.807) is 12.3 Å². The Balaban J connectivity index is 2.17. The Labute approximate surface area is 136 Å². The van der Waals surface area contributed by atoms with E-state index in [-0.39, 0.29) is 6.04 Å². The lowest BCUT2D eigenvalue weighted by molar-refractivity contribution is -0.288. The maximum atomic E-state index is 12.3. The van der Waals surface area contributed by atoms with Gasteiger partial charge in [0.2, 0.25) is 0 Å². The summed E-state index contributed by atoms with van der Waals surface area (Å²) in [6.45, 7) is 7.89. The Kier molecular flexibility index (Phi) is 4.69. The van der Waals surface area contributed by atoms with Crippen molar-refractivity contribution in [3.05, 3.63) is 33.8 Å². The molecule has 1 aliphatic heterocycles. The smallest absolute Gasteiger partial charge is 0.0536 e. The minimum Gasteiger partial charge on any atom is -0.289 e. The quantitative estimate of drug-likeness (QED) is 0.720. The molecule has 3 nitrogen and oxygen atoms in total. The van der Waals surface area contributed by atoms with Crippen LogP contribution in [0.2, 0.25) is 10.0 Å². The van der Waals surface area contributed by atoms with E-state index in [2.05, 4.69) is 4.99 Å². The summed E-state index contributed by atoms with van der Waals surface area (Å²) in [7, 11) is 0. The van der Waals surface area contributed by atoms with E-state index >= 15 is 0 Å². The molecule has 0 saturated carbocycles. The van der Waals surface area contributed by atoms with Crippen LogP contribution in [-0.4, -0.2) is 28.4 Å². The summed E-state index contributed by atoms with van der Waals surface area (Å²) in [5.41, 5.74) is 0.0681. The van der Waals surface area contributed by atoms with Gasteiger partial charge in [0.15, 0.2) is 0 Å². The van der Waals surface area contributed by atoms with E-state index in [4.69, 9.17) is 23.2 Å². The molecule has 5 heteroatoms. The molecular formula is C16H21Cl2N2O. The van der Waals surface area contributed by atoms with Gasteiger partial charge in [0, 0.05) is 27.3 Å². The number of hydroxylamine groups is 2. The second kappa shape index (κ2) is 5.88. The predicted molar refractivity (Wildman–Crippen MR) is 87.8 cm³/mol. The van der Waals surface area contributed by atoms with Gasteiger partial charge in [-0.3, -0.25) is 4.99 Å². The molecule has 1 heterocycles. The standard InChI is InChI=1S/C16H21Cl2N2O/c1-15(2)8-14(9-16(3,4)20(15)21)19-10-11-5-12(17)7-13(18)6-11/h5-7,10,14H,8-9H2,1-4H3. The lowest BCUT2D eigenvalue weighted by atomic mass is 9.79. The molecule has 0 aliphatic carbocycles. The molecule has 1 aromatic rings. The molecule has 1 aromatic carbocycles. The van der Waals surface area contributed by atoms with Crippen LogP contribution in [0, 0.1) is 0 Å².